The first-order valence-corrected chi connectivity index (χ1v) is 8.54. The van der Waals surface area contributed by atoms with E-state index in [1.165, 1.54) is 0 Å². The van der Waals surface area contributed by atoms with E-state index < -0.39 is 16.8 Å². The molecule has 16 heavy (non-hydrogen) atoms. The predicted molar refractivity (Wildman–Crippen MR) is 73.8 cm³/mol. The quantitative estimate of drug-likeness (QED) is 0.465. The molecule has 1 atom stereocenters. The maximum Gasteiger partial charge on any atom is 0.252 e. The molecule has 92 valence electrons. The van der Waals surface area contributed by atoms with Crippen LogP contribution in [0, 0.1) is 0 Å². The summed E-state index contributed by atoms with van der Waals surface area (Å²) in [6.45, 7) is 0. The van der Waals surface area contributed by atoms with Crippen LogP contribution in [0.5, 0.6) is 0 Å². The second kappa shape index (κ2) is 6.96. The van der Waals surface area contributed by atoms with Crippen LogP contribution in [0.1, 0.15) is 12.8 Å². The molecule has 12 heteroatoms. The first kappa shape index (κ1) is 16.1. The van der Waals surface area contributed by atoms with Crippen molar-refractivity contribution in [2.45, 2.75) is 21.2 Å². The molecule has 0 saturated carbocycles. The molecule has 0 spiro atoms. The van der Waals surface area contributed by atoms with Crippen molar-refractivity contribution in [3.8, 4) is 0 Å². The van der Waals surface area contributed by atoms with Gasteiger partial charge in [0.05, 0.1) is 0 Å². The zero-order valence-electron chi connectivity index (χ0n) is 7.45. The van der Waals surface area contributed by atoms with E-state index in [1.54, 1.807) is 0 Å². The number of hydrogen-bond donors (Lipinski definition) is 1. The molecule has 1 N–H and O–H groups in total. The van der Waals surface area contributed by atoms with Gasteiger partial charge in [-0.3, -0.25) is 4.52 Å². The maximum absolute atomic E-state index is 5.92. The van der Waals surface area contributed by atoms with Gasteiger partial charge >= 0.3 is 0 Å². The molecule has 1 aliphatic rings. The van der Waals surface area contributed by atoms with Gasteiger partial charge in [-0.2, -0.15) is 13.9 Å². The standard InChI is InChI=1S/C4H5Cl5N3OP3/c5-3(6,7)1-2-4(8,9)13-16-11-14-10-15-12-16/h1-2H2,(H,10,11,12). The minimum atomic E-state index is -1.42. The fourth-order valence-electron chi connectivity index (χ4n) is 0.651. The molecule has 1 unspecified atom stereocenters. The molecule has 0 bridgehead atoms. The van der Waals surface area contributed by atoms with Gasteiger partial charge < -0.3 is 0 Å². The minimum absolute atomic E-state index is 0.188. The van der Waals surface area contributed by atoms with Gasteiger partial charge in [0, 0.05) is 6.42 Å². The van der Waals surface area contributed by atoms with Gasteiger partial charge in [0.1, 0.15) is 8.52 Å². The molecule has 0 amide bonds. The Labute approximate surface area is 122 Å². The van der Waals surface area contributed by atoms with Crippen molar-refractivity contribution in [2.75, 3.05) is 0 Å². The van der Waals surface area contributed by atoms with E-state index in [4.69, 9.17) is 62.5 Å². The van der Waals surface area contributed by atoms with Crippen molar-refractivity contribution in [3.63, 3.8) is 0 Å². The summed E-state index contributed by atoms with van der Waals surface area (Å²) in [6.07, 6.45) is 0.376. The summed E-state index contributed by atoms with van der Waals surface area (Å²) in [7, 11) is 0.0434. The molecule has 0 radical (unpaired) electrons. The molecule has 0 aliphatic carbocycles. The van der Waals surface area contributed by atoms with Crippen LogP contribution in [-0.4, -0.2) is 8.31 Å². The van der Waals surface area contributed by atoms with Crippen molar-refractivity contribution in [1.29, 1.82) is 0 Å². The van der Waals surface area contributed by atoms with E-state index >= 15 is 0 Å². The van der Waals surface area contributed by atoms with Crippen LogP contribution >= 0.6 is 83.5 Å². The summed E-state index contributed by atoms with van der Waals surface area (Å²) in [5.41, 5.74) is 0. The highest BCUT2D eigenvalue weighted by Gasteiger charge is 2.33. The van der Waals surface area contributed by atoms with Crippen LogP contribution in [0.3, 0.4) is 0 Å². The fourth-order valence-corrected chi connectivity index (χ4v) is 4.43. The second-order valence-electron chi connectivity index (χ2n) is 2.59. The Morgan fingerprint density at radius 3 is 2.38 bits per heavy atom. The van der Waals surface area contributed by atoms with Gasteiger partial charge in [-0.25, -0.2) is 0 Å². The molecule has 0 aromatic carbocycles. The lowest BCUT2D eigenvalue weighted by molar-refractivity contribution is 0.253. The monoisotopic (exact) mass is 379 g/mol. The summed E-state index contributed by atoms with van der Waals surface area (Å²) in [6, 6.07) is 0. The zero-order chi connectivity index (χ0) is 12.2. The van der Waals surface area contributed by atoms with Gasteiger partial charge in [0.2, 0.25) is 4.52 Å². The molecule has 0 aromatic rings. The average Bonchev–Trinajstić information content (AvgIpc) is 2.15. The minimum Gasteiger partial charge on any atom is -0.288 e. The summed E-state index contributed by atoms with van der Waals surface area (Å²) in [5, 5.41) is 0. The lowest BCUT2D eigenvalue weighted by Gasteiger charge is -2.24. The van der Waals surface area contributed by atoms with Gasteiger partial charge in [-0.05, 0) is 6.42 Å². The molecule has 0 fully saturated rings. The molecule has 1 heterocycles. The Bertz CT molecular complexity index is 295. The van der Waals surface area contributed by atoms with Crippen molar-refractivity contribution in [1.82, 2.24) is 4.86 Å². The smallest absolute Gasteiger partial charge is 0.252 e. The van der Waals surface area contributed by atoms with Crippen molar-refractivity contribution < 1.29 is 4.52 Å². The third-order valence-corrected chi connectivity index (χ3v) is 5.74. The van der Waals surface area contributed by atoms with Crippen LogP contribution in [0.4, 0.5) is 0 Å². The highest BCUT2D eigenvalue weighted by molar-refractivity contribution is 7.63. The van der Waals surface area contributed by atoms with E-state index in [0.29, 0.717) is 17.0 Å². The Morgan fingerprint density at radius 1 is 1.19 bits per heavy atom. The molecule has 1 aliphatic heterocycles. The summed E-state index contributed by atoms with van der Waals surface area (Å²) < 4.78 is 10.4. The van der Waals surface area contributed by atoms with Gasteiger partial charge in [-0.15, -0.1) is 0 Å². The van der Waals surface area contributed by atoms with Gasteiger partial charge in [0.15, 0.2) is 12.3 Å². The number of nitrogens with one attached hydrogen (secondary N) is 1. The second-order valence-corrected chi connectivity index (χ2v) is 9.85. The number of halogens is 5. The molecular formula is C4H5Cl5N3OP3. The van der Waals surface area contributed by atoms with Crippen LogP contribution < -0.4 is 4.86 Å². The highest BCUT2D eigenvalue weighted by atomic mass is 35.6. The summed E-state index contributed by atoms with van der Waals surface area (Å²) in [5.74, 6) is 0. The Morgan fingerprint density at radius 2 is 1.88 bits per heavy atom. The third-order valence-electron chi connectivity index (χ3n) is 1.26. The Balaban J connectivity index is 2.39. The zero-order valence-corrected chi connectivity index (χ0v) is 13.9. The van der Waals surface area contributed by atoms with Crippen molar-refractivity contribution in [2.24, 2.45) is 9.03 Å². The number of nitrogens with zero attached hydrogens (tertiary/aromatic N) is 2. The average molecular weight is 381 g/mol. The van der Waals surface area contributed by atoms with Crippen LogP contribution in [0.2, 0.25) is 0 Å². The van der Waals surface area contributed by atoms with Crippen LogP contribution in [-0.2, 0) is 4.52 Å². The van der Waals surface area contributed by atoms with E-state index in [0.717, 1.165) is 0 Å². The van der Waals surface area contributed by atoms with Crippen molar-refractivity contribution >= 4 is 83.5 Å². The SMILES string of the molecule is ClC(Cl)(Cl)CCC(Cl)(Cl)OP1N=PN=PN1. The summed E-state index contributed by atoms with van der Waals surface area (Å²) in [4.78, 5) is 2.88. The third kappa shape index (κ3) is 7.44. The first-order valence-electron chi connectivity index (χ1n) is 3.79. The number of hydrogen-bond acceptors (Lipinski definition) is 4. The Kier molecular flexibility index (Phi) is 6.99. The van der Waals surface area contributed by atoms with Gasteiger partial charge in [0.25, 0.3) is 8.45 Å². The van der Waals surface area contributed by atoms with Gasteiger partial charge in [-0.1, -0.05) is 58.0 Å². The normalized spacial score (nSPS) is 23.4. The highest BCUT2D eigenvalue weighted by Crippen LogP contribution is 2.51. The fraction of sp³-hybridized carbons (Fsp3) is 1.00. The first-order chi connectivity index (χ1) is 7.29. The Hall–Kier alpha value is 2.00. The largest absolute Gasteiger partial charge is 0.288 e. The van der Waals surface area contributed by atoms with E-state index in [1.807, 2.05) is 0 Å². The molecule has 4 nitrogen and oxygen atoms in total. The van der Waals surface area contributed by atoms with Crippen LogP contribution in [0.15, 0.2) is 9.03 Å². The maximum atomic E-state index is 5.92. The summed E-state index contributed by atoms with van der Waals surface area (Å²) >= 11 is 28.6. The van der Waals surface area contributed by atoms with E-state index in [-0.39, 0.29) is 12.8 Å². The predicted octanol–water partition coefficient (Wildman–Crippen LogP) is 6.20. The topological polar surface area (TPSA) is 46.0 Å². The van der Waals surface area contributed by atoms with Crippen molar-refractivity contribution in [3.05, 3.63) is 0 Å². The molecule has 0 saturated heterocycles. The molecule has 0 aromatic heterocycles. The molecule has 1 rings (SSSR count). The van der Waals surface area contributed by atoms with Crippen LogP contribution in [0.25, 0.3) is 0 Å². The van der Waals surface area contributed by atoms with E-state index in [2.05, 4.69) is 13.9 Å². The van der Waals surface area contributed by atoms with E-state index in [9.17, 15) is 0 Å². The lowest BCUT2D eigenvalue weighted by Crippen LogP contribution is -2.19. The molecular weight excluding hydrogens is 376 g/mol. The lowest BCUT2D eigenvalue weighted by atomic mass is 10.3. The number of rotatable bonds is 4. The number of alkyl halides is 5.